The number of aromatic amines is 1. The first-order valence-corrected chi connectivity index (χ1v) is 10.8. The van der Waals surface area contributed by atoms with Crippen molar-refractivity contribution in [3.63, 3.8) is 0 Å². The number of ether oxygens (including phenoxy) is 2. The maximum absolute atomic E-state index is 13.0. The van der Waals surface area contributed by atoms with E-state index in [0.717, 1.165) is 10.9 Å². The number of ketones is 1. The van der Waals surface area contributed by atoms with Crippen molar-refractivity contribution in [3.8, 4) is 23.3 Å². The third-order valence-electron chi connectivity index (χ3n) is 5.95. The summed E-state index contributed by atoms with van der Waals surface area (Å²) in [4.78, 5) is 27.6. The Kier molecular flexibility index (Phi) is 5.65. The van der Waals surface area contributed by atoms with E-state index in [1.807, 2.05) is 24.3 Å². The molecule has 3 aromatic rings. The van der Waals surface area contributed by atoms with Crippen LogP contribution in [0.1, 0.15) is 21.6 Å². The van der Waals surface area contributed by atoms with E-state index in [9.17, 15) is 9.59 Å². The first-order chi connectivity index (χ1) is 16.5. The summed E-state index contributed by atoms with van der Waals surface area (Å²) in [6, 6.07) is 11.0. The highest BCUT2D eigenvalue weighted by Crippen LogP contribution is 2.39. The number of piperazine rings is 1. The van der Waals surface area contributed by atoms with E-state index in [0.29, 0.717) is 61.0 Å². The molecule has 0 spiro atoms. The Morgan fingerprint density at radius 1 is 1.24 bits per heavy atom. The highest BCUT2D eigenvalue weighted by atomic mass is 16.5. The van der Waals surface area contributed by atoms with Crippen LogP contribution in [-0.2, 0) is 0 Å². The van der Waals surface area contributed by atoms with Crippen molar-refractivity contribution in [3.05, 3.63) is 59.0 Å². The van der Waals surface area contributed by atoms with Crippen molar-refractivity contribution in [2.24, 2.45) is 0 Å². The van der Waals surface area contributed by atoms with Gasteiger partial charge in [0.1, 0.15) is 11.3 Å². The molecule has 0 unspecified atom stereocenters. The van der Waals surface area contributed by atoms with Gasteiger partial charge >= 0.3 is 6.09 Å². The van der Waals surface area contributed by atoms with E-state index in [4.69, 9.17) is 14.6 Å². The lowest BCUT2D eigenvalue weighted by molar-refractivity contribution is 0.101. The van der Waals surface area contributed by atoms with Crippen molar-refractivity contribution in [2.45, 2.75) is 0 Å². The highest BCUT2D eigenvalue weighted by molar-refractivity contribution is 6.15. The maximum atomic E-state index is 13.0. The topological polar surface area (TPSA) is 108 Å². The predicted molar refractivity (Wildman–Crippen MR) is 125 cm³/mol. The summed E-state index contributed by atoms with van der Waals surface area (Å²) >= 11 is 0. The highest BCUT2D eigenvalue weighted by Gasteiger charge is 2.31. The lowest BCUT2D eigenvalue weighted by Crippen LogP contribution is -2.48. The third kappa shape index (κ3) is 3.95. The molecule has 1 saturated heterocycles. The van der Waals surface area contributed by atoms with Gasteiger partial charge in [-0.2, -0.15) is 5.10 Å². The number of Topliss-reactive ketones (excluding diaryl/α,β-unsaturated/α-hetero) is 1. The van der Waals surface area contributed by atoms with Crippen LogP contribution >= 0.6 is 0 Å². The number of aromatic nitrogens is 2. The summed E-state index contributed by atoms with van der Waals surface area (Å²) in [6.07, 6.45) is 0.733. The summed E-state index contributed by atoms with van der Waals surface area (Å²) in [7, 11) is 1.54. The second-order valence-electron chi connectivity index (χ2n) is 7.96. The third-order valence-corrected chi connectivity index (χ3v) is 5.95. The Bertz CT molecular complexity index is 1370. The predicted octanol–water partition coefficient (Wildman–Crippen LogP) is 2.83. The zero-order chi connectivity index (χ0) is 23.7. The molecule has 0 atom stereocenters. The lowest BCUT2D eigenvalue weighted by atomic mass is 10.1. The number of benzene rings is 2. The molecular formula is C25H22N4O5. The lowest BCUT2D eigenvalue weighted by Gasteiger charge is -2.31. The molecule has 1 amide bonds. The van der Waals surface area contributed by atoms with Gasteiger partial charge in [-0.05, 0) is 18.2 Å². The Balaban J connectivity index is 1.39. The maximum Gasteiger partial charge on any atom is 0.407 e. The number of hydrogen-bond donors (Lipinski definition) is 2. The van der Waals surface area contributed by atoms with Gasteiger partial charge in [0.05, 0.1) is 30.4 Å². The molecule has 172 valence electrons. The molecule has 2 N–H and O–H groups in total. The quantitative estimate of drug-likeness (QED) is 0.459. The summed E-state index contributed by atoms with van der Waals surface area (Å²) in [5, 5.41) is 17.2. The number of carbonyl (C=O) groups is 2. The minimum atomic E-state index is -0.899. The summed E-state index contributed by atoms with van der Waals surface area (Å²) in [6.45, 7) is 2.61. The number of carboxylic acid groups (broad SMARTS) is 1. The van der Waals surface area contributed by atoms with Gasteiger partial charge in [0.2, 0.25) is 5.78 Å². The van der Waals surface area contributed by atoms with Crippen LogP contribution in [0, 0.1) is 11.8 Å². The van der Waals surface area contributed by atoms with Crippen LogP contribution in [0.15, 0.2) is 42.2 Å². The number of methoxy groups -OCH3 is 1. The average molecular weight is 458 g/mol. The van der Waals surface area contributed by atoms with Crippen LogP contribution in [0.4, 0.5) is 4.79 Å². The van der Waals surface area contributed by atoms with Crippen molar-refractivity contribution in [1.29, 1.82) is 0 Å². The largest absolute Gasteiger partial charge is 0.495 e. The van der Waals surface area contributed by atoms with E-state index in [-0.39, 0.29) is 11.5 Å². The first kappa shape index (κ1) is 21.6. The van der Waals surface area contributed by atoms with E-state index >= 15 is 0 Å². The number of H-pyrrole nitrogens is 1. The number of fused-ring (bicyclic) bond motifs is 2. The van der Waals surface area contributed by atoms with Crippen molar-refractivity contribution in [1.82, 2.24) is 20.0 Å². The molecule has 2 aromatic carbocycles. The van der Waals surface area contributed by atoms with Gasteiger partial charge in [0.25, 0.3) is 0 Å². The first-order valence-electron chi connectivity index (χ1n) is 10.8. The molecule has 2 aliphatic heterocycles. The number of carbonyl (C=O) groups excluding carboxylic acids is 1. The molecule has 0 aliphatic carbocycles. The minimum absolute atomic E-state index is 0.174. The van der Waals surface area contributed by atoms with Crippen molar-refractivity contribution < 1.29 is 24.2 Å². The van der Waals surface area contributed by atoms with Crippen molar-refractivity contribution >= 4 is 28.9 Å². The molecule has 0 saturated carbocycles. The molecule has 1 fully saturated rings. The molecule has 34 heavy (non-hydrogen) atoms. The van der Waals surface area contributed by atoms with Gasteiger partial charge in [-0.3, -0.25) is 14.8 Å². The number of nitrogens with one attached hydrogen (secondary N) is 1. The van der Waals surface area contributed by atoms with Crippen LogP contribution in [0.3, 0.4) is 0 Å². The van der Waals surface area contributed by atoms with Gasteiger partial charge < -0.3 is 19.5 Å². The Labute approximate surface area is 195 Å². The second kappa shape index (κ2) is 8.92. The van der Waals surface area contributed by atoms with E-state index in [1.165, 1.54) is 4.90 Å². The van der Waals surface area contributed by atoms with Crippen molar-refractivity contribution in [2.75, 3.05) is 39.8 Å². The Morgan fingerprint density at radius 3 is 2.79 bits per heavy atom. The number of allylic oxidation sites excluding steroid dienone is 1. The standard InChI is InChI=1S/C25H22N4O5/c1-33-21-9-8-18-23(30)22(15-20-16-5-2-3-7-19(16)26-27-20)34-24(18)17(21)6-4-10-28-11-13-29(14-12-28)25(31)32/h2-3,5,7-9,15H,10-14H2,1H3,(H,26,27)(H,31,32). The van der Waals surface area contributed by atoms with E-state index in [1.54, 1.807) is 25.3 Å². The number of rotatable bonds is 3. The van der Waals surface area contributed by atoms with Gasteiger partial charge in [0, 0.05) is 37.6 Å². The Hall–Kier alpha value is -4.29. The van der Waals surface area contributed by atoms with Gasteiger partial charge in [-0.15, -0.1) is 0 Å². The molecule has 0 bridgehead atoms. The van der Waals surface area contributed by atoms with Gasteiger partial charge in [-0.25, -0.2) is 4.79 Å². The molecule has 1 aromatic heterocycles. The summed E-state index contributed by atoms with van der Waals surface area (Å²) < 4.78 is 11.5. The molecule has 9 nitrogen and oxygen atoms in total. The fraction of sp³-hybridized carbons (Fsp3) is 0.240. The van der Waals surface area contributed by atoms with Gasteiger partial charge in [-0.1, -0.05) is 30.0 Å². The van der Waals surface area contributed by atoms with E-state index < -0.39 is 6.09 Å². The molecular weight excluding hydrogens is 436 g/mol. The Morgan fingerprint density at radius 2 is 2.03 bits per heavy atom. The number of amides is 1. The minimum Gasteiger partial charge on any atom is -0.495 e. The van der Waals surface area contributed by atoms with Gasteiger partial charge in [0.15, 0.2) is 11.5 Å². The normalized spacial score (nSPS) is 16.8. The summed E-state index contributed by atoms with van der Waals surface area (Å²) in [5.74, 6) is 7.05. The van der Waals surface area contributed by atoms with Crippen LogP contribution in [0.5, 0.6) is 11.5 Å². The molecule has 2 aliphatic rings. The number of hydrogen-bond acceptors (Lipinski definition) is 6. The zero-order valence-corrected chi connectivity index (χ0v) is 18.5. The molecule has 3 heterocycles. The number of nitrogens with zero attached hydrogens (tertiary/aromatic N) is 3. The molecule has 9 heteroatoms. The van der Waals surface area contributed by atoms with Crippen LogP contribution in [0.25, 0.3) is 17.0 Å². The fourth-order valence-electron chi connectivity index (χ4n) is 4.08. The molecule has 0 radical (unpaired) electrons. The van der Waals surface area contributed by atoms with Crippen LogP contribution < -0.4 is 9.47 Å². The van der Waals surface area contributed by atoms with Crippen LogP contribution in [0.2, 0.25) is 0 Å². The van der Waals surface area contributed by atoms with Crippen LogP contribution in [-0.4, -0.2) is 76.8 Å². The average Bonchev–Trinajstić information content (AvgIpc) is 3.41. The molecule has 5 rings (SSSR count). The fourth-order valence-corrected chi connectivity index (χ4v) is 4.08. The smallest absolute Gasteiger partial charge is 0.407 e. The van der Waals surface area contributed by atoms with E-state index in [2.05, 4.69) is 26.9 Å². The monoisotopic (exact) mass is 458 g/mol. The summed E-state index contributed by atoms with van der Waals surface area (Å²) in [5.41, 5.74) is 2.42. The zero-order valence-electron chi connectivity index (χ0n) is 18.5. The second-order valence-corrected chi connectivity index (χ2v) is 7.96. The SMILES string of the molecule is COc1ccc2c(c1C#CCN1CCN(C(=O)O)CC1)OC(=Cc1n[nH]c3ccccc13)C2=O. The number of para-hydroxylation sites is 1.